The fraction of sp³-hybridized carbons (Fsp3) is 0.273. The van der Waals surface area contributed by atoms with E-state index in [1.165, 1.54) is 0 Å². The third-order valence-corrected chi connectivity index (χ3v) is 3.27. The van der Waals surface area contributed by atoms with E-state index in [-0.39, 0.29) is 22.0 Å². The van der Waals surface area contributed by atoms with Gasteiger partial charge in [0.15, 0.2) is 0 Å². The van der Waals surface area contributed by atoms with Crippen LogP contribution in [0.4, 0.5) is 5.69 Å². The summed E-state index contributed by atoms with van der Waals surface area (Å²) in [7, 11) is 0. The number of hydrogen-bond acceptors (Lipinski definition) is 4. The van der Waals surface area contributed by atoms with Crippen molar-refractivity contribution < 1.29 is 19.6 Å². The number of hydrogen-bond donors (Lipinski definition) is 2. The van der Waals surface area contributed by atoms with Crippen LogP contribution in [0.5, 0.6) is 0 Å². The number of rotatable bonds is 5. The number of carbonyl (C=O) groups excluding carboxylic acids is 1. The molecule has 20 heavy (non-hydrogen) atoms. The van der Waals surface area contributed by atoms with Crippen LogP contribution in [0.1, 0.15) is 23.7 Å². The van der Waals surface area contributed by atoms with Crippen LogP contribution in [-0.2, 0) is 4.79 Å². The zero-order chi connectivity index (χ0) is 15.4. The molecular formula is C11H10Cl2N2O5. The van der Waals surface area contributed by atoms with Gasteiger partial charge in [-0.1, -0.05) is 30.1 Å². The SMILES string of the molecule is CCC(NC(=O)c1cc(Cl)c(Cl)c([N+](=O)[O-])c1)C(=O)O. The molecule has 1 rings (SSSR count). The maximum Gasteiger partial charge on any atom is 0.326 e. The van der Waals surface area contributed by atoms with E-state index in [0.29, 0.717) is 0 Å². The number of halogens is 2. The molecule has 1 aromatic carbocycles. The van der Waals surface area contributed by atoms with Crippen molar-refractivity contribution in [2.75, 3.05) is 0 Å². The predicted octanol–water partition coefficient (Wildman–Crippen LogP) is 2.49. The van der Waals surface area contributed by atoms with Gasteiger partial charge in [-0.15, -0.1) is 0 Å². The molecule has 0 aliphatic heterocycles. The van der Waals surface area contributed by atoms with Gasteiger partial charge in [-0.2, -0.15) is 0 Å². The quantitative estimate of drug-likeness (QED) is 0.639. The Morgan fingerprint density at radius 1 is 1.45 bits per heavy atom. The van der Waals surface area contributed by atoms with Gasteiger partial charge in [0, 0.05) is 11.6 Å². The molecule has 0 radical (unpaired) electrons. The first kappa shape index (κ1) is 16.2. The highest BCUT2D eigenvalue weighted by Gasteiger charge is 2.23. The minimum absolute atomic E-state index is 0.134. The molecule has 0 heterocycles. The Morgan fingerprint density at radius 2 is 2.05 bits per heavy atom. The van der Waals surface area contributed by atoms with E-state index in [9.17, 15) is 19.7 Å². The van der Waals surface area contributed by atoms with E-state index < -0.39 is 28.5 Å². The zero-order valence-electron chi connectivity index (χ0n) is 10.2. The molecule has 1 amide bonds. The molecule has 0 aromatic heterocycles. The summed E-state index contributed by atoms with van der Waals surface area (Å²) in [6.45, 7) is 1.58. The summed E-state index contributed by atoms with van der Waals surface area (Å²) >= 11 is 11.4. The van der Waals surface area contributed by atoms with Crippen LogP contribution in [0.2, 0.25) is 10.0 Å². The van der Waals surface area contributed by atoms with Crippen molar-refractivity contribution in [3.63, 3.8) is 0 Å². The third-order valence-electron chi connectivity index (χ3n) is 2.48. The summed E-state index contributed by atoms with van der Waals surface area (Å²) < 4.78 is 0. The van der Waals surface area contributed by atoms with Crippen LogP contribution in [-0.4, -0.2) is 27.9 Å². The number of carbonyl (C=O) groups is 2. The predicted molar refractivity (Wildman–Crippen MR) is 72.3 cm³/mol. The molecule has 0 spiro atoms. The van der Waals surface area contributed by atoms with Crippen molar-refractivity contribution in [3.8, 4) is 0 Å². The van der Waals surface area contributed by atoms with Crippen LogP contribution in [0.15, 0.2) is 12.1 Å². The van der Waals surface area contributed by atoms with Gasteiger partial charge in [-0.3, -0.25) is 14.9 Å². The molecule has 0 fully saturated rings. The summed E-state index contributed by atoms with van der Waals surface area (Å²) in [5, 5.41) is 21.4. The Morgan fingerprint density at radius 3 is 2.50 bits per heavy atom. The van der Waals surface area contributed by atoms with E-state index >= 15 is 0 Å². The standard InChI is InChI=1S/C11H10Cl2N2O5/c1-2-7(11(17)18)14-10(16)5-3-6(12)9(13)8(4-5)15(19)20/h3-4,7H,2H2,1H3,(H,14,16)(H,17,18). The average Bonchev–Trinajstić information content (AvgIpc) is 2.37. The second kappa shape index (κ2) is 6.53. The molecule has 0 aliphatic carbocycles. The Hall–Kier alpha value is -1.86. The fourth-order valence-corrected chi connectivity index (χ4v) is 1.81. The molecule has 0 saturated carbocycles. The van der Waals surface area contributed by atoms with Crippen molar-refractivity contribution >= 4 is 40.8 Å². The summed E-state index contributed by atoms with van der Waals surface area (Å²) in [5.41, 5.74) is -0.654. The molecule has 0 bridgehead atoms. The number of benzene rings is 1. The van der Waals surface area contributed by atoms with Gasteiger partial charge < -0.3 is 10.4 Å². The maximum atomic E-state index is 11.9. The lowest BCUT2D eigenvalue weighted by Crippen LogP contribution is -2.40. The molecule has 7 nitrogen and oxygen atoms in total. The minimum atomic E-state index is -1.20. The molecule has 0 aliphatic rings. The second-order valence-electron chi connectivity index (χ2n) is 3.82. The summed E-state index contributed by atoms with van der Waals surface area (Å²) in [5.74, 6) is -1.98. The first-order valence-electron chi connectivity index (χ1n) is 5.45. The Bertz CT molecular complexity index is 576. The van der Waals surface area contributed by atoms with Gasteiger partial charge >= 0.3 is 5.97 Å². The van der Waals surface area contributed by atoms with Crippen LogP contribution >= 0.6 is 23.2 Å². The van der Waals surface area contributed by atoms with Crippen molar-refractivity contribution in [3.05, 3.63) is 37.9 Å². The number of carboxylic acid groups (broad SMARTS) is 1. The van der Waals surface area contributed by atoms with E-state index in [4.69, 9.17) is 28.3 Å². The third kappa shape index (κ3) is 3.58. The lowest BCUT2D eigenvalue weighted by Gasteiger charge is -2.12. The summed E-state index contributed by atoms with van der Waals surface area (Å²) in [4.78, 5) is 32.7. The van der Waals surface area contributed by atoms with Gasteiger partial charge in [-0.25, -0.2) is 4.79 Å². The minimum Gasteiger partial charge on any atom is -0.480 e. The molecule has 108 valence electrons. The lowest BCUT2D eigenvalue weighted by molar-refractivity contribution is -0.384. The molecular weight excluding hydrogens is 311 g/mol. The van der Waals surface area contributed by atoms with E-state index in [1.807, 2.05) is 0 Å². The Labute approximate surface area is 123 Å². The number of nitrogens with zero attached hydrogens (tertiary/aromatic N) is 1. The topological polar surface area (TPSA) is 110 Å². The van der Waals surface area contributed by atoms with Crippen LogP contribution in [0.25, 0.3) is 0 Å². The van der Waals surface area contributed by atoms with Crippen molar-refractivity contribution in [1.82, 2.24) is 5.32 Å². The number of nitro benzene ring substituents is 1. The number of carboxylic acids is 1. The normalized spacial score (nSPS) is 11.8. The molecule has 0 saturated heterocycles. The summed E-state index contributed by atoms with van der Waals surface area (Å²) in [6, 6.07) is 0.995. The highest BCUT2D eigenvalue weighted by atomic mass is 35.5. The van der Waals surface area contributed by atoms with Crippen LogP contribution in [0, 0.1) is 10.1 Å². The first-order chi connectivity index (χ1) is 9.27. The number of aliphatic carboxylic acids is 1. The Kier molecular flexibility index (Phi) is 5.29. The highest BCUT2D eigenvalue weighted by molar-refractivity contribution is 6.43. The molecule has 9 heteroatoms. The van der Waals surface area contributed by atoms with Gasteiger partial charge in [0.25, 0.3) is 11.6 Å². The number of nitro groups is 1. The maximum absolute atomic E-state index is 11.9. The largest absolute Gasteiger partial charge is 0.480 e. The van der Waals surface area contributed by atoms with E-state index in [1.54, 1.807) is 6.92 Å². The first-order valence-corrected chi connectivity index (χ1v) is 6.20. The van der Waals surface area contributed by atoms with E-state index in [0.717, 1.165) is 12.1 Å². The van der Waals surface area contributed by atoms with Crippen molar-refractivity contribution in [1.29, 1.82) is 0 Å². The zero-order valence-corrected chi connectivity index (χ0v) is 11.7. The lowest BCUT2D eigenvalue weighted by atomic mass is 10.1. The fourth-order valence-electron chi connectivity index (χ4n) is 1.42. The monoisotopic (exact) mass is 320 g/mol. The van der Waals surface area contributed by atoms with Crippen molar-refractivity contribution in [2.45, 2.75) is 19.4 Å². The Balaban J connectivity index is 3.11. The van der Waals surface area contributed by atoms with E-state index in [2.05, 4.69) is 5.32 Å². The molecule has 1 aromatic rings. The van der Waals surface area contributed by atoms with Gasteiger partial charge in [0.1, 0.15) is 11.1 Å². The second-order valence-corrected chi connectivity index (χ2v) is 4.61. The number of nitrogens with one attached hydrogen (secondary N) is 1. The van der Waals surface area contributed by atoms with Gasteiger partial charge in [0.05, 0.1) is 9.95 Å². The number of amides is 1. The van der Waals surface area contributed by atoms with Gasteiger partial charge in [0.2, 0.25) is 0 Å². The smallest absolute Gasteiger partial charge is 0.326 e. The average molecular weight is 321 g/mol. The molecule has 2 N–H and O–H groups in total. The van der Waals surface area contributed by atoms with Gasteiger partial charge in [-0.05, 0) is 12.5 Å². The van der Waals surface area contributed by atoms with Crippen LogP contribution < -0.4 is 5.32 Å². The molecule has 1 atom stereocenters. The summed E-state index contributed by atoms with van der Waals surface area (Å²) in [6.07, 6.45) is 0.171. The van der Waals surface area contributed by atoms with Crippen molar-refractivity contribution in [2.24, 2.45) is 0 Å². The molecule has 1 unspecified atom stereocenters. The van der Waals surface area contributed by atoms with Crippen LogP contribution in [0.3, 0.4) is 0 Å². The highest BCUT2D eigenvalue weighted by Crippen LogP contribution is 2.33.